The highest BCUT2D eigenvalue weighted by Gasteiger charge is 2.12. The van der Waals surface area contributed by atoms with E-state index in [9.17, 15) is 0 Å². The molecule has 1 unspecified atom stereocenters. The molecule has 108 valence electrons. The molecule has 0 aromatic carbocycles. The molecule has 0 saturated carbocycles. The summed E-state index contributed by atoms with van der Waals surface area (Å²) >= 11 is 3.59. The monoisotopic (exact) mass is 326 g/mol. The van der Waals surface area contributed by atoms with Crippen molar-refractivity contribution in [1.29, 1.82) is 0 Å². The average Bonchev–Trinajstić information content (AvgIpc) is 2.43. The molecule has 1 aromatic heterocycles. The van der Waals surface area contributed by atoms with E-state index in [1.54, 1.807) is 0 Å². The zero-order valence-corrected chi connectivity index (χ0v) is 13.9. The lowest BCUT2D eigenvalue weighted by Gasteiger charge is -2.16. The van der Waals surface area contributed by atoms with Gasteiger partial charge in [-0.15, -0.1) is 0 Å². The first kappa shape index (κ1) is 16.6. The van der Waals surface area contributed by atoms with Crippen LogP contribution in [-0.2, 0) is 0 Å². The summed E-state index contributed by atoms with van der Waals surface area (Å²) in [6.07, 6.45) is 12.5. The van der Waals surface area contributed by atoms with Crippen molar-refractivity contribution in [1.82, 2.24) is 10.3 Å². The Morgan fingerprint density at radius 3 is 2.47 bits per heavy atom. The van der Waals surface area contributed by atoms with Crippen LogP contribution in [0.4, 0.5) is 0 Å². The molecule has 1 N–H and O–H groups in total. The molecule has 19 heavy (non-hydrogen) atoms. The van der Waals surface area contributed by atoms with E-state index in [1.807, 2.05) is 19.3 Å². The summed E-state index contributed by atoms with van der Waals surface area (Å²) in [5, 5.41) is 3.38. The standard InChI is InChI=1S/C16H27BrN2/c1-3-4-5-6-7-8-9-12-15(18-2)16-14(17)11-10-13-19-16/h10-11,13,15,18H,3-9,12H2,1-2H3. The number of nitrogens with one attached hydrogen (secondary N) is 1. The van der Waals surface area contributed by atoms with Gasteiger partial charge in [0.2, 0.25) is 0 Å². The third-order valence-corrected chi connectivity index (χ3v) is 4.23. The van der Waals surface area contributed by atoms with Crippen LogP contribution in [0.3, 0.4) is 0 Å². The molecule has 0 aliphatic carbocycles. The lowest BCUT2D eigenvalue weighted by molar-refractivity contribution is 0.486. The van der Waals surface area contributed by atoms with Crippen molar-refractivity contribution < 1.29 is 0 Å². The molecular formula is C16H27BrN2. The summed E-state index contributed by atoms with van der Waals surface area (Å²) in [5.74, 6) is 0. The van der Waals surface area contributed by atoms with Crippen molar-refractivity contribution in [3.05, 3.63) is 28.5 Å². The maximum Gasteiger partial charge on any atom is 0.0714 e. The predicted molar refractivity (Wildman–Crippen MR) is 86.3 cm³/mol. The highest BCUT2D eigenvalue weighted by Crippen LogP contribution is 2.24. The van der Waals surface area contributed by atoms with Gasteiger partial charge in [0.05, 0.1) is 11.7 Å². The van der Waals surface area contributed by atoms with Crippen molar-refractivity contribution in [3.63, 3.8) is 0 Å². The number of unbranched alkanes of at least 4 members (excludes halogenated alkanes) is 6. The number of hydrogen-bond donors (Lipinski definition) is 1. The van der Waals surface area contributed by atoms with Gasteiger partial charge in [0.1, 0.15) is 0 Å². The fourth-order valence-electron chi connectivity index (χ4n) is 2.38. The van der Waals surface area contributed by atoms with Crippen LogP contribution >= 0.6 is 15.9 Å². The summed E-state index contributed by atoms with van der Waals surface area (Å²) in [6, 6.07) is 4.40. The smallest absolute Gasteiger partial charge is 0.0714 e. The Morgan fingerprint density at radius 2 is 1.84 bits per heavy atom. The second-order valence-corrected chi connectivity index (χ2v) is 5.98. The first-order valence-corrected chi connectivity index (χ1v) is 8.36. The van der Waals surface area contributed by atoms with Gasteiger partial charge >= 0.3 is 0 Å². The fraction of sp³-hybridized carbons (Fsp3) is 0.688. The van der Waals surface area contributed by atoms with Crippen LogP contribution in [0.15, 0.2) is 22.8 Å². The summed E-state index contributed by atoms with van der Waals surface area (Å²) in [6.45, 7) is 2.27. The number of halogens is 1. The van der Waals surface area contributed by atoms with Gasteiger partial charge in [-0.2, -0.15) is 0 Å². The topological polar surface area (TPSA) is 24.9 Å². The normalized spacial score (nSPS) is 12.6. The second kappa shape index (κ2) is 10.4. The van der Waals surface area contributed by atoms with Gasteiger partial charge in [-0.1, -0.05) is 51.9 Å². The molecule has 3 heteroatoms. The minimum Gasteiger partial charge on any atom is -0.312 e. The van der Waals surface area contributed by atoms with E-state index in [0.717, 1.165) is 10.2 Å². The van der Waals surface area contributed by atoms with Crippen LogP contribution in [0.25, 0.3) is 0 Å². The highest BCUT2D eigenvalue weighted by molar-refractivity contribution is 9.10. The van der Waals surface area contributed by atoms with Gasteiger partial charge in [0, 0.05) is 10.7 Å². The van der Waals surface area contributed by atoms with Gasteiger partial charge in [-0.05, 0) is 41.5 Å². The van der Waals surface area contributed by atoms with Crippen LogP contribution < -0.4 is 5.32 Å². The predicted octanol–water partition coefficient (Wildman–Crippen LogP) is 5.25. The molecule has 0 fully saturated rings. The number of pyridine rings is 1. The Labute approximate surface area is 126 Å². The van der Waals surface area contributed by atoms with Gasteiger partial charge in [0.25, 0.3) is 0 Å². The van der Waals surface area contributed by atoms with E-state index in [0.29, 0.717) is 6.04 Å². The van der Waals surface area contributed by atoms with Crippen LogP contribution in [-0.4, -0.2) is 12.0 Å². The van der Waals surface area contributed by atoms with Crippen LogP contribution in [0, 0.1) is 0 Å². The molecule has 0 bridgehead atoms. The Morgan fingerprint density at radius 1 is 1.16 bits per heavy atom. The number of nitrogens with zero attached hydrogens (tertiary/aromatic N) is 1. The third kappa shape index (κ3) is 6.53. The second-order valence-electron chi connectivity index (χ2n) is 5.12. The Kier molecular flexibility index (Phi) is 9.10. The largest absolute Gasteiger partial charge is 0.312 e. The van der Waals surface area contributed by atoms with Crippen LogP contribution in [0.5, 0.6) is 0 Å². The van der Waals surface area contributed by atoms with Gasteiger partial charge in [0.15, 0.2) is 0 Å². The minimum absolute atomic E-state index is 0.367. The van der Waals surface area contributed by atoms with Crippen LogP contribution in [0.1, 0.15) is 70.0 Å². The van der Waals surface area contributed by atoms with E-state index in [2.05, 4.69) is 39.2 Å². The van der Waals surface area contributed by atoms with Crippen molar-refractivity contribution in [2.45, 2.75) is 64.3 Å². The summed E-state index contributed by atoms with van der Waals surface area (Å²) in [7, 11) is 2.02. The summed E-state index contributed by atoms with van der Waals surface area (Å²) in [4.78, 5) is 4.48. The molecule has 1 aromatic rings. The Bertz CT molecular complexity index is 341. The van der Waals surface area contributed by atoms with E-state index < -0.39 is 0 Å². The summed E-state index contributed by atoms with van der Waals surface area (Å²) in [5.41, 5.74) is 1.14. The number of rotatable bonds is 10. The Hall–Kier alpha value is -0.410. The maximum absolute atomic E-state index is 4.48. The van der Waals surface area contributed by atoms with Crippen molar-refractivity contribution in [2.24, 2.45) is 0 Å². The zero-order chi connectivity index (χ0) is 13.9. The van der Waals surface area contributed by atoms with Crippen molar-refractivity contribution in [2.75, 3.05) is 7.05 Å². The van der Waals surface area contributed by atoms with Crippen molar-refractivity contribution in [3.8, 4) is 0 Å². The molecule has 0 radical (unpaired) electrons. The molecule has 0 aliphatic heterocycles. The van der Waals surface area contributed by atoms with E-state index in [-0.39, 0.29) is 0 Å². The first-order chi connectivity index (χ1) is 9.29. The average molecular weight is 327 g/mol. The van der Waals surface area contributed by atoms with E-state index in [4.69, 9.17) is 0 Å². The Balaban J connectivity index is 2.24. The zero-order valence-electron chi connectivity index (χ0n) is 12.3. The molecule has 0 aliphatic rings. The third-order valence-electron chi connectivity index (χ3n) is 3.56. The van der Waals surface area contributed by atoms with Crippen LogP contribution in [0.2, 0.25) is 0 Å². The van der Waals surface area contributed by atoms with E-state index in [1.165, 1.54) is 51.4 Å². The van der Waals surface area contributed by atoms with Crippen molar-refractivity contribution >= 4 is 15.9 Å². The maximum atomic E-state index is 4.48. The van der Waals surface area contributed by atoms with Gasteiger partial charge in [-0.25, -0.2) is 0 Å². The molecule has 0 spiro atoms. The van der Waals surface area contributed by atoms with Gasteiger partial charge < -0.3 is 5.32 Å². The highest BCUT2D eigenvalue weighted by atomic mass is 79.9. The molecular weight excluding hydrogens is 300 g/mol. The fourth-order valence-corrected chi connectivity index (χ4v) is 2.91. The molecule has 2 nitrogen and oxygen atoms in total. The molecule has 1 atom stereocenters. The molecule has 1 rings (SSSR count). The minimum atomic E-state index is 0.367. The summed E-state index contributed by atoms with van der Waals surface area (Å²) < 4.78 is 1.11. The molecule has 1 heterocycles. The molecule has 0 saturated heterocycles. The lowest BCUT2D eigenvalue weighted by atomic mass is 10.0. The number of aromatic nitrogens is 1. The van der Waals surface area contributed by atoms with Gasteiger partial charge in [-0.3, -0.25) is 4.98 Å². The lowest BCUT2D eigenvalue weighted by Crippen LogP contribution is -2.18. The number of hydrogen-bond acceptors (Lipinski definition) is 2. The SMILES string of the molecule is CCCCCCCCCC(NC)c1ncccc1Br. The van der Waals surface area contributed by atoms with E-state index >= 15 is 0 Å². The quantitative estimate of drug-likeness (QED) is 0.594. The molecule has 0 amide bonds. The first-order valence-electron chi connectivity index (χ1n) is 7.57.